The number of nitrogens with zero attached hydrogens (tertiary/aromatic N) is 4. The molecule has 0 bridgehead atoms. The van der Waals surface area contributed by atoms with Crippen molar-refractivity contribution in [2.45, 2.75) is 26.8 Å². The first-order valence-electron chi connectivity index (χ1n) is 8.80. The molecule has 0 unspecified atom stereocenters. The van der Waals surface area contributed by atoms with Gasteiger partial charge < -0.3 is 5.32 Å². The largest absolute Gasteiger partial charge is 0.320 e. The minimum absolute atomic E-state index is 0.208. The van der Waals surface area contributed by atoms with Crippen molar-refractivity contribution >= 4 is 45.6 Å². The van der Waals surface area contributed by atoms with Crippen LogP contribution in [-0.2, 0) is 0 Å². The highest BCUT2D eigenvalue weighted by Crippen LogP contribution is 2.30. The second-order valence-corrected chi connectivity index (χ2v) is 8.15. The van der Waals surface area contributed by atoms with Crippen molar-refractivity contribution in [2.75, 3.05) is 5.32 Å². The molecule has 0 atom stereocenters. The molecule has 0 aliphatic rings. The molecule has 8 heteroatoms. The zero-order valence-electron chi connectivity index (χ0n) is 15.6. The number of benzene rings is 1. The van der Waals surface area contributed by atoms with Gasteiger partial charge in [-0.15, -0.1) is 11.3 Å². The number of aromatic nitrogens is 4. The lowest BCUT2D eigenvalue weighted by Gasteiger charge is -2.07. The van der Waals surface area contributed by atoms with Gasteiger partial charge in [0.15, 0.2) is 5.65 Å². The molecule has 0 spiro atoms. The fraction of sp³-hybridized carbons (Fsp3) is 0.200. The van der Waals surface area contributed by atoms with Crippen molar-refractivity contribution in [2.24, 2.45) is 0 Å². The van der Waals surface area contributed by atoms with Crippen molar-refractivity contribution in [1.82, 2.24) is 19.7 Å². The summed E-state index contributed by atoms with van der Waals surface area (Å²) in [4.78, 5) is 22.3. The predicted molar refractivity (Wildman–Crippen MR) is 113 cm³/mol. The van der Waals surface area contributed by atoms with E-state index in [1.54, 1.807) is 12.4 Å². The third-order valence-electron chi connectivity index (χ3n) is 4.25. The first kappa shape index (κ1) is 18.6. The highest BCUT2D eigenvalue weighted by molar-refractivity contribution is 7.17. The normalized spacial score (nSPS) is 11.3. The molecule has 142 valence electrons. The van der Waals surface area contributed by atoms with E-state index in [2.05, 4.69) is 20.4 Å². The van der Waals surface area contributed by atoms with Crippen molar-refractivity contribution in [3.8, 4) is 10.6 Å². The number of halogens is 1. The van der Waals surface area contributed by atoms with Crippen LogP contribution in [0.15, 0.2) is 42.7 Å². The van der Waals surface area contributed by atoms with Crippen molar-refractivity contribution in [1.29, 1.82) is 0 Å². The van der Waals surface area contributed by atoms with Crippen LogP contribution in [-0.4, -0.2) is 25.7 Å². The van der Waals surface area contributed by atoms with E-state index in [1.807, 2.05) is 55.8 Å². The summed E-state index contributed by atoms with van der Waals surface area (Å²) in [5, 5.41) is 9.55. The van der Waals surface area contributed by atoms with E-state index in [0.29, 0.717) is 21.3 Å². The Morgan fingerprint density at radius 3 is 2.82 bits per heavy atom. The van der Waals surface area contributed by atoms with Gasteiger partial charge in [0.1, 0.15) is 9.88 Å². The lowest BCUT2D eigenvalue weighted by Crippen LogP contribution is -2.12. The standard InChI is InChI=1S/C20H18ClN5OS/c1-11(2)26-18-14(9-23-26)8-16(10-22-18)25-19(27)17-12(3)24-20(28-17)13-5-4-6-15(21)7-13/h4-11H,1-3H3,(H,25,27). The maximum Gasteiger partial charge on any atom is 0.267 e. The minimum Gasteiger partial charge on any atom is -0.320 e. The maximum atomic E-state index is 12.8. The maximum absolute atomic E-state index is 12.8. The molecule has 0 saturated heterocycles. The molecule has 1 amide bonds. The van der Waals surface area contributed by atoms with Crippen LogP contribution >= 0.6 is 22.9 Å². The van der Waals surface area contributed by atoms with Crippen LogP contribution in [0, 0.1) is 6.92 Å². The van der Waals surface area contributed by atoms with Crippen LogP contribution in [0.2, 0.25) is 5.02 Å². The van der Waals surface area contributed by atoms with Crippen LogP contribution < -0.4 is 5.32 Å². The quantitative estimate of drug-likeness (QED) is 0.491. The molecule has 0 saturated carbocycles. The van der Waals surface area contributed by atoms with E-state index >= 15 is 0 Å². The number of hydrogen-bond donors (Lipinski definition) is 1. The molecule has 3 aromatic heterocycles. The van der Waals surface area contributed by atoms with Crippen LogP contribution in [0.25, 0.3) is 21.6 Å². The van der Waals surface area contributed by atoms with E-state index in [0.717, 1.165) is 21.6 Å². The summed E-state index contributed by atoms with van der Waals surface area (Å²) < 4.78 is 1.85. The number of aryl methyl sites for hydroxylation is 1. The van der Waals surface area contributed by atoms with E-state index in [4.69, 9.17) is 11.6 Å². The monoisotopic (exact) mass is 411 g/mol. The van der Waals surface area contributed by atoms with Gasteiger partial charge in [-0.3, -0.25) is 4.79 Å². The molecule has 0 aliphatic carbocycles. The molecule has 4 rings (SSSR count). The van der Waals surface area contributed by atoms with Gasteiger partial charge in [0.05, 0.1) is 23.8 Å². The van der Waals surface area contributed by atoms with Gasteiger partial charge in [-0.25, -0.2) is 14.6 Å². The Kier molecular flexibility index (Phi) is 4.87. The lowest BCUT2D eigenvalue weighted by atomic mass is 10.2. The summed E-state index contributed by atoms with van der Waals surface area (Å²) in [5.41, 5.74) is 2.99. The summed E-state index contributed by atoms with van der Waals surface area (Å²) >= 11 is 7.41. The Balaban J connectivity index is 1.59. The third-order valence-corrected chi connectivity index (χ3v) is 5.70. The van der Waals surface area contributed by atoms with Crippen LogP contribution in [0.5, 0.6) is 0 Å². The van der Waals surface area contributed by atoms with Gasteiger partial charge in [-0.2, -0.15) is 5.10 Å². The fourth-order valence-corrected chi connectivity index (χ4v) is 4.07. The van der Waals surface area contributed by atoms with Crippen LogP contribution in [0.1, 0.15) is 35.3 Å². The van der Waals surface area contributed by atoms with E-state index in [9.17, 15) is 4.79 Å². The third kappa shape index (κ3) is 3.50. The number of rotatable bonds is 4. The number of carbonyl (C=O) groups excluding carboxylic acids is 1. The van der Waals surface area contributed by atoms with Gasteiger partial charge in [-0.05, 0) is 39.0 Å². The second-order valence-electron chi connectivity index (χ2n) is 6.72. The zero-order valence-corrected chi connectivity index (χ0v) is 17.2. The number of anilines is 1. The molecule has 3 heterocycles. The predicted octanol–water partition coefficient (Wildman–Crippen LogP) is 5.35. The summed E-state index contributed by atoms with van der Waals surface area (Å²) in [5.74, 6) is -0.208. The average Bonchev–Trinajstić information content (AvgIpc) is 3.25. The number of carbonyl (C=O) groups is 1. The molecular formula is C20H18ClN5OS. The van der Waals surface area contributed by atoms with Crippen molar-refractivity contribution in [3.05, 3.63) is 58.3 Å². The number of amides is 1. The molecule has 0 fully saturated rings. The number of nitrogens with one attached hydrogen (secondary N) is 1. The first-order chi connectivity index (χ1) is 13.4. The molecule has 1 aromatic carbocycles. The molecular weight excluding hydrogens is 394 g/mol. The summed E-state index contributed by atoms with van der Waals surface area (Å²) in [6.07, 6.45) is 3.40. The molecule has 4 aromatic rings. The van der Waals surface area contributed by atoms with E-state index in [1.165, 1.54) is 11.3 Å². The fourth-order valence-electron chi connectivity index (χ4n) is 2.93. The summed E-state index contributed by atoms with van der Waals surface area (Å²) in [7, 11) is 0. The molecule has 0 aliphatic heterocycles. The lowest BCUT2D eigenvalue weighted by molar-refractivity contribution is 0.103. The number of fused-ring (bicyclic) bond motifs is 1. The van der Waals surface area contributed by atoms with E-state index in [-0.39, 0.29) is 11.9 Å². The van der Waals surface area contributed by atoms with Gasteiger partial charge >= 0.3 is 0 Å². The SMILES string of the molecule is Cc1nc(-c2cccc(Cl)c2)sc1C(=O)Nc1cnc2c(cnn2C(C)C)c1. The topological polar surface area (TPSA) is 72.7 Å². The molecule has 28 heavy (non-hydrogen) atoms. The van der Waals surface area contributed by atoms with Crippen molar-refractivity contribution in [3.63, 3.8) is 0 Å². The van der Waals surface area contributed by atoms with Gasteiger partial charge in [0, 0.05) is 22.0 Å². The van der Waals surface area contributed by atoms with Crippen LogP contribution in [0.3, 0.4) is 0 Å². The highest BCUT2D eigenvalue weighted by atomic mass is 35.5. The Bertz CT molecular complexity index is 1180. The zero-order chi connectivity index (χ0) is 19.8. The number of pyridine rings is 1. The minimum atomic E-state index is -0.208. The summed E-state index contributed by atoms with van der Waals surface area (Å²) in [6, 6.07) is 9.54. The van der Waals surface area contributed by atoms with Gasteiger partial charge in [-0.1, -0.05) is 23.7 Å². The van der Waals surface area contributed by atoms with Crippen LogP contribution in [0.4, 0.5) is 5.69 Å². The number of thiazole rings is 1. The smallest absolute Gasteiger partial charge is 0.267 e. The first-order valence-corrected chi connectivity index (χ1v) is 10.00. The number of hydrogen-bond acceptors (Lipinski definition) is 5. The van der Waals surface area contributed by atoms with Gasteiger partial charge in [0.2, 0.25) is 0 Å². The van der Waals surface area contributed by atoms with Crippen molar-refractivity contribution < 1.29 is 4.79 Å². The average molecular weight is 412 g/mol. The molecule has 1 N–H and O–H groups in total. The highest BCUT2D eigenvalue weighted by Gasteiger charge is 2.17. The molecule has 0 radical (unpaired) electrons. The Labute approximate surface area is 171 Å². The molecule has 6 nitrogen and oxygen atoms in total. The second kappa shape index (κ2) is 7.33. The van der Waals surface area contributed by atoms with E-state index < -0.39 is 0 Å². The summed E-state index contributed by atoms with van der Waals surface area (Å²) in [6.45, 7) is 5.93. The Morgan fingerprint density at radius 2 is 2.07 bits per heavy atom. The Morgan fingerprint density at radius 1 is 1.25 bits per heavy atom. The van der Waals surface area contributed by atoms with Gasteiger partial charge in [0.25, 0.3) is 5.91 Å². The Hall–Kier alpha value is -2.77.